The Labute approximate surface area is 122 Å². The molecule has 0 aliphatic heterocycles. The maximum atomic E-state index is 13.9. The van der Waals surface area contributed by atoms with Gasteiger partial charge < -0.3 is 10.5 Å². The molecule has 2 aromatic carbocycles. The van der Waals surface area contributed by atoms with Crippen molar-refractivity contribution in [3.63, 3.8) is 0 Å². The van der Waals surface area contributed by atoms with Crippen molar-refractivity contribution in [3.8, 4) is 5.75 Å². The summed E-state index contributed by atoms with van der Waals surface area (Å²) in [6.07, 6.45) is 0. The topological polar surface area (TPSA) is 35.2 Å². The first-order chi connectivity index (χ1) is 9.45. The molecule has 1 atom stereocenters. The van der Waals surface area contributed by atoms with Crippen molar-refractivity contribution in [3.05, 3.63) is 63.4 Å². The fourth-order valence-corrected chi connectivity index (χ4v) is 2.24. The molecule has 0 aliphatic carbocycles. The van der Waals surface area contributed by atoms with Crippen molar-refractivity contribution in [2.75, 3.05) is 7.11 Å². The molecule has 0 aliphatic rings. The molecular formula is C14H11BrF3NO. The van der Waals surface area contributed by atoms with E-state index < -0.39 is 23.5 Å². The second kappa shape index (κ2) is 5.85. The van der Waals surface area contributed by atoms with Crippen LogP contribution in [0.25, 0.3) is 0 Å². The summed E-state index contributed by atoms with van der Waals surface area (Å²) in [5, 5.41) is 0. The standard InChI is InChI=1S/C14H11BrF3NO/c1-20-12-4-2-3-9(16)13(12)14(19)7-5-11(18)8(15)6-10(7)17/h2-6,14H,19H2,1H3. The molecular weight excluding hydrogens is 335 g/mol. The molecule has 0 heterocycles. The molecule has 0 saturated heterocycles. The van der Waals surface area contributed by atoms with Crippen LogP contribution in [0.4, 0.5) is 13.2 Å². The first kappa shape index (κ1) is 14.9. The summed E-state index contributed by atoms with van der Waals surface area (Å²) in [6.45, 7) is 0. The molecule has 0 bridgehead atoms. The van der Waals surface area contributed by atoms with E-state index in [1.807, 2.05) is 0 Å². The smallest absolute Gasteiger partial charge is 0.137 e. The van der Waals surface area contributed by atoms with Crippen LogP contribution in [0, 0.1) is 17.5 Å². The van der Waals surface area contributed by atoms with Crippen LogP contribution in [-0.2, 0) is 0 Å². The van der Waals surface area contributed by atoms with Crippen LogP contribution in [0.1, 0.15) is 17.2 Å². The molecule has 0 saturated carbocycles. The summed E-state index contributed by atoms with van der Waals surface area (Å²) in [7, 11) is 1.35. The van der Waals surface area contributed by atoms with Crippen LogP contribution in [0.3, 0.4) is 0 Å². The molecule has 0 spiro atoms. The summed E-state index contributed by atoms with van der Waals surface area (Å²) >= 11 is 2.87. The predicted octanol–water partition coefficient (Wildman–Crippen LogP) is 3.92. The van der Waals surface area contributed by atoms with Gasteiger partial charge in [0.25, 0.3) is 0 Å². The van der Waals surface area contributed by atoms with Gasteiger partial charge in [-0.1, -0.05) is 6.07 Å². The Balaban J connectivity index is 2.57. The van der Waals surface area contributed by atoms with Crippen molar-refractivity contribution in [1.29, 1.82) is 0 Å². The van der Waals surface area contributed by atoms with Crippen molar-refractivity contribution < 1.29 is 17.9 Å². The maximum absolute atomic E-state index is 13.9. The second-order valence-corrected chi connectivity index (χ2v) is 4.98. The molecule has 2 N–H and O–H groups in total. The van der Waals surface area contributed by atoms with Crippen molar-refractivity contribution >= 4 is 15.9 Å². The zero-order valence-electron chi connectivity index (χ0n) is 10.5. The first-order valence-corrected chi connectivity index (χ1v) is 6.47. The zero-order chi connectivity index (χ0) is 14.9. The van der Waals surface area contributed by atoms with E-state index in [-0.39, 0.29) is 21.3 Å². The van der Waals surface area contributed by atoms with E-state index in [4.69, 9.17) is 10.5 Å². The van der Waals surface area contributed by atoms with Gasteiger partial charge in [0.05, 0.1) is 23.2 Å². The van der Waals surface area contributed by atoms with Crippen molar-refractivity contribution in [1.82, 2.24) is 0 Å². The predicted molar refractivity (Wildman–Crippen MR) is 73.0 cm³/mol. The van der Waals surface area contributed by atoms with Gasteiger partial charge in [-0.15, -0.1) is 0 Å². The molecule has 2 rings (SSSR count). The number of nitrogens with two attached hydrogens (primary N) is 1. The highest BCUT2D eigenvalue weighted by Gasteiger charge is 2.22. The summed E-state index contributed by atoms with van der Waals surface area (Å²) in [6, 6.07) is 4.86. The van der Waals surface area contributed by atoms with Crippen molar-refractivity contribution in [2.24, 2.45) is 5.73 Å². The summed E-state index contributed by atoms with van der Waals surface area (Å²) in [5.74, 6) is -1.86. The molecule has 0 radical (unpaired) electrons. The van der Waals surface area contributed by atoms with Crippen LogP contribution >= 0.6 is 15.9 Å². The van der Waals surface area contributed by atoms with Gasteiger partial charge in [-0.3, -0.25) is 0 Å². The fourth-order valence-electron chi connectivity index (χ4n) is 1.93. The van der Waals surface area contributed by atoms with Gasteiger partial charge in [0.1, 0.15) is 23.2 Å². The monoisotopic (exact) mass is 345 g/mol. The van der Waals surface area contributed by atoms with Gasteiger partial charge in [-0.25, -0.2) is 13.2 Å². The first-order valence-electron chi connectivity index (χ1n) is 5.68. The van der Waals surface area contributed by atoms with Gasteiger partial charge in [-0.2, -0.15) is 0 Å². The molecule has 0 amide bonds. The van der Waals surface area contributed by atoms with E-state index in [2.05, 4.69) is 15.9 Å². The normalized spacial score (nSPS) is 12.3. The molecule has 2 aromatic rings. The number of hydrogen-bond donors (Lipinski definition) is 1. The highest BCUT2D eigenvalue weighted by atomic mass is 79.9. The number of halogens is 4. The lowest BCUT2D eigenvalue weighted by Crippen LogP contribution is -2.17. The Bertz CT molecular complexity index is 649. The third kappa shape index (κ3) is 2.66. The Kier molecular flexibility index (Phi) is 4.35. The third-order valence-corrected chi connectivity index (χ3v) is 3.53. The van der Waals surface area contributed by atoms with Crippen molar-refractivity contribution in [2.45, 2.75) is 6.04 Å². The third-order valence-electron chi connectivity index (χ3n) is 2.92. The lowest BCUT2D eigenvalue weighted by molar-refractivity contribution is 0.401. The minimum absolute atomic E-state index is 0.0179. The molecule has 0 fully saturated rings. The van der Waals surface area contributed by atoms with Crippen LogP contribution in [-0.4, -0.2) is 7.11 Å². The molecule has 6 heteroatoms. The summed E-state index contributed by atoms with van der Waals surface area (Å²) in [4.78, 5) is 0. The summed E-state index contributed by atoms with van der Waals surface area (Å²) in [5.41, 5.74) is 5.71. The van der Waals surface area contributed by atoms with Gasteiger partial charge in [-0.05, 0) is 40.2 Å². The highest BCUT2D eigenvalue weighted by Crippen LogP contribution is 2.33. The SMILES string of the molecule is COc1cccc(F)c1C(N)c1cc(F)c(Br)cc1F. The minimum Gasteiger partial charge on any atom is -0.496 e. The van der Waals surface area contributed by atoms with Gasteiger partial charge in [0, 0.05) is 5.56 Å². The van der Waals surface area contributed by atoms with E-state index in [0.717, 1.165) is 12.1 Å². The highest BCUT2D eigenvalue weighted by molar-refractivity contribution is 9.10. The fraction of sp³-hybridized carbons (Fsp3) is 0.143. The average molecular weight is 346 g/mol. The lowest BCUT2D eigenvalue weighted by atomic mass is 9.97. The number of hydrogen-bond acceptors (Lipinski definition) is 2. The van der Waals surface area contributed by atoms with Crippen LogP contribution < -0.4 is 10.5 Å². The van der Waals surface area contributed by atoms with E-state index in [0.29, 0.717) is 0 Å². The van der Waals surface area contributed by atoms with Gasteiger partial charge >= 0.3 is 0 Å². The molecule has 0 aromatic heterocycles. The second-order valence-electron chi connectivity index (χ2n) is 4.12. The minimum atomic E-state index is -1.17. The van der Waals surface area contributed by atoms with Crippen LogP contribution in [0.5, 0.6) is 5.75 Å². The Morgan fingerprint density at radius 3 is 2.45 bits per heavy atom. The van der Waals surface area contributed by atoms with E-state index in [1.54, 1.807) is 0 Å². The van der Waals surface area contributed by atoms with E-state index >= 15 is 0 Å². The average Bonchev–Trinajstić information content (AvgIpc) is 2.41. The number of ether oxygens (including phenoxy) is 1. The zero-order valence-corrected chi connectivity index (χ0v) is 12.0. The Morgan fingerprint density at radius 2 is 1.80 bits per heavy atom. The maximum Gasteiger partial charge on any atom is 0.137 e. The Morgan fingerprint density at radius 1 is 1.10 bits per heavy atom. The largest absolute Gasteiger partial charge is 0.496 e. The molecule has 106 valence electrons. The van der Waals surface area contributed by atoms with Crippen LogP contribution in [0.15, 0.2) is 34.8 Å². The summed E-state index contributed by atoms with van der Waals surface area (Å²) < 4.78 is 46.3. The molecule has 1 unspecified atom stereocenters. The lowest BCUT2D eigenvalue weighted by Gasteiger charge is -2.17. The van der Waals surface area contributed by atoms with E-state index in [9.17, 15) is 13.2 Å². The molecule has 20 heavy (non-hydrogen) atoms. The van der Waals surface area contributed by atoms with Gasteiger partial charge in [0.2, 0.25) is 0 Å². The number of benzene rings is 2. The number of methoxy groups -OCH3 is 1. The van der Waals surface area contributed by atoms with E-state index in [1.165, 1.54) is 25.3 Å². The Hall–Kier alpha value is -1.53. The van der Waals surface area contributed by atoms with Gasteiger partial charge in [0.15, 0.2) is 0 Å². The van der Waals surface area contributed by atoms with Crippen LogP contribution in [0.2, 0.25) is 0 Å². The quantitative estimate of drug-likeness (QED) is 0.855. The molecule has 2 nitrogen and oxygen atoms in total. The number of rotatable bonds is 3.